The van der Waals surface area contributed by atoms with E-state index in [-0.39, 0.29) is 0 Å². The van der Waals surface area contributed by atoms with E-state index in [1.54, 1.807) is 7.11 Å². The van der Waals surface area contributed by atoms with Gasteiger partial charge in [0.15, 0.2) is 5.60 Å². The molecule has 14 heavy (non-hydrogen) atoms. The molecule has 4 heteroatoms. The molecule has 0 spiro atoms. The number of aliphatic carboxylic acids is 1. The minimum atomic E-state index is -1.47. The molecule has 0 amide bonds. The highest BCUT2D eigenvalue weighted by molar-refractivity contribution is 5.77. The van der Waals surface area contributed by atoms with Crippen LogP contribution in [0.1, 0.15) is 32.1 Å². The zero-order chi connectivity index (χ0) is 10.6. The number of carboxylic acids is 1. The summed E-state index contributed by atoms with van der Waals surface area (Å²) >= 11 is 0. The van der Waals surface area contributed by atoms with Crippen molar-refractivity contribution in [3.63, 3.8) is 0 Å². The zero-order valence-electron chi connectivity index (χ0n) is 8.53. The number of carbonyl (C=O) groups is 1. The van der Waals surface area contributed by atoms with E-state index < -0.39 is 11.6 Å². The van der Waals surface area contributed by atoms with Crippen molar-refractivity contribution in [1.29, 1.82) is 0 Å². The molecule has 0 radical (unpaired) electrons. The van der Waals surface area contributed by atoms with Crippen molar-refractivity contribution < 1.29 is 19.7 Å². The molecule has 0 aromatic heterocycles. The van der Waals surface area contributed by atoms with Gasteiger partial charge in [-0.1, -0.05) is 0 Å². The second kappa shape index (κ2) is 4.75. The molecular formula is C10H18O4. The lowest BCUT2D eigenvalue weighted by atomic mass is 9.78. The lowest BCUT2D eigenvalue weighted by molar-refractivity contribution is -0.162. The second-order valence-electron chi connectivity index (χ2n) is 4.06. The summed E-state index contributed by atoms with van der Waals surface area (Å²) in [4.78, 5) is 10.7. The van der Waals surface area contributed by atoms with E-state index in [1.807, 2.05) is 0 Å². The van der Waals surface area contributed by atoms with Crippen LogP contribution in [0.15, 0.2) is 0 Å². The Morgan fingerprint density at radius 1 is 1.50 bits per heavy atom. The van der Waals surface area contributed by atoms with E-state index >= 15 is 0 Å². The maximum atomic E-state index is 10.7. The Balaban J connectivity index is 2.34. The Bertz CT molecular complexity index is 194. The number of rotatable bonds is 4. The van der Waals surface area contributed by atoms with Gasteiger partial charge in [-0.3, -0.25) is 0 Å². The second-order valence-corrected chi connectivity index (χ2v) is 4.06. The summed E-state index contributed by atoms with van der Waals surface area (Å²) in [5.41, 5.74) is -1.47. The third-order valence-corrected chi connectivity index (χ3v) is 3.06. The molecule has 4 nitrogen and oxygen atoms in total. The summed E-state index contributed by atoms with van der Waals surface area (Å²) in [7, 11) is 1.66. The first-order chi connectivity index (χ1) is 6.58. The number of hydrogen-bond donors (Lipinski definition) is 2. The Hall–Kier alpha value is -0.610. The first-order valence-corrected chi connectivity index (χ1v) is 5.03. The van der Waals surface area contributed by atoms with Crippen LogP contribution >= 0.6 is 0 Å². The van der Waals surface area contributed by atoms with Crippen LogP contribution in [-0.2, 0) is 9.53 Å². The van der Waals surface area contributed by atoms with Crippen molar-refractivity contribution in [3.8, 4) is 0 Å². The fourth-order valence-corrected chi connectivity index (χ4v) is 1.94. The predicted molar refractivity (Wildman–Crippen MR) is 51.0 cm³/mol. The minimum Gasteiger partial charge on any atom is -0.479 e. The average Bonchev–Trinajstić information content (AvgIpc) is 2.17. The summed E-state index contributed by atoms with van der Waals surface area (Å²) < 4.78 is 4.97. The molecule has 1 saturated carbocycles. The van der Waals surface area contributed by atoms with E-state index in [1.165, 1.54) is 0 Å². The zero-order valence-corrected chi connectivity index (χ0v) is 8.53. The lowest BCUT2D eigenvalue weighted by Crippen LogP contribution is -2.42. The molecule has 0 atom stereocenters. The third-order valence-electron chi connectivity index (χ3n) is 3.06. The predicted octanol–water partition coefficient (Wildman–Crippen LogP) is 1.03. The first-order valence-electron chi connectivity index (χ1n) is 5.03. The van der Waals surface area contributed by atoms with Crippen LogP contribution in [0.3, 0.4) is 0 Å². The van der Waals surface area contributed by atoms with E-state index in [2.05, 4.69) is 0 Å². The number of aliphatic hydroxyl groups is 1. The summed E-state index contributed by atoms with van der Waals surface area (Å²) in [5, 5.41) is 18.4. The molecule has 2 N–H and O–H groups in total. The summed E-state index contributed by atoms with van der Waals surface area (Å²) in [6.45, 7) is 0.718. The van der Waals surface area contributed by atoms with Gasteiger partial charge in [0.05, 0.1) is 0 Å². The Morgan fingerprint density at radius 3 is 2.50 bits per heavy atom. The third kappa shape index (κ3) is 2.69. The highest BCUT2D eigenvalue weighted by atomic mass is 16.5. The highest BCUT2D eigenvalue weighted by Crippen LogP contribution is 2.33. The monoisotopic (exact) mass is 202 g/mol. The van der Waals surface area contributed by atoms with Crippen LogP contribution in [0.25, 0.3) is 0 Å². The number of hydrogen-bond acceptors (Lipinski definition) is 3. The molecule has 0 saturated heterocycles. The first kappa shape index (κ1) is 11.5. The molecule has 0 aliphatic heterocycles. The summed E-state index contributed by atoms with van der Waals surface area (Å²) in [6.07, 6.45) is 3.28. The van der Waals surface area contributed by atoms with Gasteiger partial charge in [0.1, 0.15) is 0 Å². The van der Waals surface area contributed by atoms with E-state index in [0.29, 0.717) is 18.8 Å². The maximum absolute atomic E-state index is 10.7. The molecular weight excluding hydrogens is 184 g/mol. The van der Waals surface area contributed by atoms with Gasteiger partial charge in [-0.05, 0) is 38.0 Å². The Labute approximate surface area is 83.9 Å². The number of carboxylic acid groups (broad SMARTS) is 1. The molecule has 1 rings (SSSR count). The van der Waals surface area contributed by atoms with Crippen molar-refractivity contribution in [1.82, 2.24) is 0 Å². The van der Waals surface area contributed by atoms with Gasteiger partial charge in [-0.15, -0.1) is 0 Å². The van der Waals surface area contributed by atoms with Gasteiger partial charge < -0.3 is 14.9 Å². The van der Waals surface area contributed by atoms with Crippen molar-refractivity contribution >= 4 is 5.97 Å². The summed E-state index contributed by atoms with van der Waals surface area (Å²) in [6, 6.07) is 0. The van der Waals surface area contributed by atoms with Crippen LogP contribution in [-0.4, -0.2) is 35.5 Å². The SMILES string of the molecule is COCCC1CCC(O)(C(=O)O)CC1. The standard InChI is InChI=1S/C10H18O4/c1-14-7-4-8-2-5-10(13,6-3-8)9(11)12/h8,13H,2-7H2,1H3,(H,11,12). The molecule has 0 unspecified atom stereocenters. The van der Waals surface area contributed by atoms with E-state index in [0.717, 1.165) is 25.9 Å². The average molecular weight is 202 g/mol. The normalized spacial score (nSPS) is 32.9. The molecule has 1 aliphatic rings. The van der Waals surface area contributed by atoms with Crippen LogP contribution in [0, 0.1) is 5.92 Å². The maximum Gasteiger partial charge on any atom is 0.335 e. The van der Waals surface area contributed by atoms with Gasteiger partial charge in [0.2, 0.25) is 0 Å². The van der Waals surface area contributed by atoms with Gasteiger partial charge in [0.25, 0.3) is 0 Å². The summed E-state index contributed by atoms with van der Waals surface area (Å²) in [5.74, 6) is -0.572. The molecule has 0 aromatic rings. The lowest BCUT2D eigenvalue weighted by Gasteiger charge is -2.32. The van der Waals surface area contributed by atoms with Gasteiger partial charge in [0, 0.05) is 13.7 Å². The van der Waals surface area contributed by atoms with Crippen molar-refractivity contribution in [2.45, 2.75) is 37.7 Å². The fourth-order valence-electron chi connectivity index (χ4n) is 1.94. The molecule has 82 valence electrons. The van der Waals surface area contributed by atoms with Crippen LogP contribution < -0.4 is 0 Å². The van der Waals surface area contributed by atoms with Crippen LogP contribution in [0.2, 0.25) is 0 Å². The quantitative estimate of drug-likeness (QED) is 0.714. The number of ether oxygens (including phenoxy) is 1. The van der Waals surface area contributed by atoms with Crippen molar-refractivity contribution in [3.05, 3.63) is 0 Å². The van der Waals surface area contributed by atoms with Crippen LogP contribution in [0.5, 0.6) is 0 Å². The van der Waals surface area contributed by atoms with Gasteiger partial charge >= 0.3 is 5.97 Å². The van der Waals surface area contributed by atoms with Crippen molar-refractivity contribution in [2.24, 2.45) is 5.92 Å². The Kier molecular flexibility index (Phi) is 3.89. The van der Waals surface area contributed by atoms with Gasteiger partial charge in [-0.25, -0.2) is 4.79 Å². The largest absolute Gasteiger partial charge is 0.479 e. The van der Waals surface area contributed by atoms with Crippen LogP contribution in [0.4, 0.5) is 0 Å². The smallest absolute Gasteiger partial charge is 0.335 e. The molecule has 0 heterocycles. The van der Waals surface area contributed by atoms with Gasteiger partial charge in [-0.2, -0.15) is 0 Å². The molecule has 0 bridgehead atoms. The fraction of sp³-hybridized carbons (Fsp3) is 0.900. The van der Waals surface area contributed by atoms with E-state index in [4.69, 9.17) is 9.84 Å². The Morgan fingerprint density at radius 2 is 2.07 bits per heavy atom. The molecule has 1 aliphatic carbocycles. The minimum absolute atomic E-state index is 0.372. The number of methoxy groups -OCH3 is 1. The van der Waals surface area contributed by atoms with E-state index in [9.17, 15) is 9.90 Å². The highest BCUT2D eigenvalue weighted by Gasteiger charge is 2.39. The molecule has 0 aromatic carbocycles. The molecule has 1 fully saturated rings. The van der Waals surface area contributed by atoms with Crippen molar-refractivity contribution in [2.75, 3.05) is 13.7 Å². The topological polar surface area (TPSA) is 66.8 Å².